The highest BCUT2D eigenvalue weighted by atomic mass is 35.5. The Bertz CT molecular complexity index is 593. The molecular formula is C13H11ClF3N3S. The predicted octanol–water partition coefficient (Wildman–Crippen LogP) is 4.35. The number of nitrogens with one attached hydrogen (secondary N) is 1. The molecule has 1 heterocycles. The van der Waals surface area contributed by atoms with Gasteiger partial charge in [0.05, 0.1) is 0 Å². The van der Waals surface area contributed by atoms with E-state index in [1.165, 1.54) is 6.07 Å². The summed E-state index contributed by atoms with van der Waals surface area (Å²) in [6.45, 7) is 0.463. The van der Waals surface area contributed by atoms with Gasteiger partial charge in [0.15, 0.2) is 0 Å². The predicted molar refractivity (Wildman–Crippen MR) is 77.7 cm³/mol. The van der Waals surface area contributed by atoms with Crippen molar-refractivity contribution in [3.63, 3.8) is 0 Å². The molecule has 1 aromatic carbocycles. The molecule has 0 bridgehead atoms. The van der Waals surface area contributed by atoms with Gasteiger partial charge in [-0.1, -0.05) is 29.8 Å². The molecule has 1 N–H and O–H groups in total. The fourth-order valence-corrected chi connectivity index (χ4v) is 2.47. The molecule has 0 atom stereocenters. The largest absolute Gasteiger partial charge is 0.451 e. The summed E-state index contributed by atoms with van der Waals surface area (Å²) in [6, 6.07) is 11.0. The maximum atomic E-state index is 12.5. The SMILES string of the molecule is FC(F)(F)c1nc(Cl)cc(NCCSc2ccccc2)n1. The molecule has 2 rings (SSSR count). The first-order chi connectivity index (χ1) is 9.95. The van der Waals surface area contributed by atoms with E-state index < -0.39 is 12.0 Å². The standard InChI is InChI=1S/C13H11ClF3N3S/c14-10-8-11(20-12(19-10)13(15,16)17)18-6-7-21-9-4-2-1-3-5-9/h1-5,8H,6-7H2,(H,18,19,20). The Morgan fingerprint density at radius 2 is 1.86 bits per heavy atom. The molecule has 0 fully saturated rings. The number of benzene rings is 1. The Morgan fingerprint density at radius 3 is 2.52 bits per heavy atom. The van der Waals surface area contributed by atoms with Gasteiger partial charge in [-0.15, -0.1) is 11.8 Å². The summed E-state index contributed by atoms with van der Waals surface area (Å²) in [5, 5.41) is 2.57. The molecule has 21 heavy (non-hydrogen) atoms. The summed E-state index contributed by atoms with van der Waals surface area (Å²) in [5.41, 5.74) is 0. The highest BCUT2D eigenvalue weighted by Crippen LogP contribution is 2.28. The molecule has 0 saturated carbocycles. The number of anilines is 1. The third kappa shape index (κ3) is 5.09. The number of aromatic nitrogens is 2. The second-order valence-electron chi connectivity index (χ2n) is 3.99. The van der Waals surface area contributed by atoms with Crippen LogP contribution in [0.1, 0.15) is 5.82 Å². The molecule has 3 nitrogen and oxygen atoms in total. The summed E-state index contributed by atoms with van der Waals surface area (Å²) in [4.78, 5) is 7.67. The first-order valence-corrected chi connectivity index (χ1v) is 7.35. The molecule has 1 aromatic heterocycles. The maximum Gasteiger partial charge on any atom is 0.451 e. The smallest absolute Gasteiger partial charge is 0.369 e. The molecule has 0 saturated heterocycles. The monoisotopic (exact) mass is 333 g/mol. The van der Waals surface area contributed by atoms with E-state index in [4.69, 9.17) is 11.6 Å². The van der Waals surface area contributed by atoms with Gasteiger partial charge in [0, 0.05) is 23.3 Å². The molecule has 112 valence electrons. The maximum absolute atomic E-state index is 12.5. The van der Waals surface area contributed by atoms with Crippen molar-refractivity contribution >= 4 is 29.2 Å². The second-order valence-corrected chi connectivity index (χ2v) is 5.54. The van der Waals surface area contributed by atoms with E-state index in [9.17, 15) is 13.2 Å². The lowest BCUT2D eigenvalue weighted by Gasteiger charge is -2.09. The van der Waals surface area contributed by atoms with E-state index in [2.05, 4.69) is 15.3 Å². The lowest BCUT2D eigenvalue weighted by Crippen LogP contribution is -2.14. The quantitative estimate of drug-likeness (QED) is 0.501. The van der Waals surface area contributed by atoms with Gasteiger partial charge in [-0.05, 0) is 12.1 Å². The molecule has 2 aromatic rings. The first kappa shape index (κ1) is 15.9. The van der Waals surface area contributed by atoms with Crippen molar-refractivity contribution in [1.29, 1.82) is 0 Å². The van der Waals surface area contributed by atoms with Crippen molar-refractivity contribution in [2.45, 2.75) is 11.1 Å². The zero-order valence-electron chi connectivity index (χ0n) is 10.7. The zero-order chi connectivity index (χ0) is 15.3. The minimum absolute atomic E-state index is 0.0657. The summed E-state index contributed by atoms with van der Waals surface area (Å²) >= 11 is 7.16. The van der Waals surface area contributed by atoms with Crippen LogP contribution in [0.25, 0.3) is 0 Å². The number of thioether (sulfide) groups is 1. The van der Waals surface area contributed by atoms with Crippen LogP contribution < -0.4 is 5.32 Å². The van der Waals surface area contributed by atoms with Crippen molar-refractivity contribution in [3.05, 3.63) is 47.4 Å². The van der Waals surface area contributed by atoms with Crippen molar-refractivity contribution in [2.24, 2.45) is 0 Å². The molecule has 8 heteroatoms. The van der Waals surface area contributed by atoms with Crippen molar-refractivity contribution < 1.29 is 13.2 Å². The summed E-state index contributed by atoms with van der Waals surface area (Å²) in [7, 11) is 0. The first-order valence-electron chi connectivity index (χ1n) is 5.98. The Hall–Kier alpha value is -1.47. The van der Waals surface area contributed by atoms with E-state index >= 15 is 0 Å². The lowest BCUT2D eigenvalue weighted by molar-refractivity contribution is -0.144. The van der Waals surface area contributed by atoms with Gasteiger partial charge < -0.3 is 5.32 Å². The molecule has 0 radical (unpaired) electrons. The Labute approximate surface area is 128 Å². The van der Waals surface area contributed by atoms with Crippen LogP contribution >= 0.6 is 23.4 Å². The third-order valence-corrected chi connectivity index (χ3v) is 3.58. The van der Waals surface area contributed by atoms with Gasteiger partial charge in [0.25, 0.3) is 0 Å². The highest BCUT2D eigenvalue weighted by Gasteiger charge is 2.35. The van der Waals surface area contributed by atoms with Crippen molar-refractivity contribution in [2.75, 3.05) is 17.6 Å². The van der Waals surface area contributed by atoms with E-state index in [1.807, 2.05) is 30.3 Å². The third-order valence-electron chi connectivity index (χ3n) is 2.37. The van der Waals surface area contributed by atoms with Gasteiger partial charge in [0.1, 0.15) is 11.0 Å². The van der Waals surface area contributed by atoms with Crippen molar-refractivity contribution in [3.8, 4) is 0 Å². The number of alkyl halides is 3. The molecule has 0 aliphatic rings. The number of rotatable bonds is 5. The Morgan fingerprint density at radius 1 is 1.14 bits per heavy atom. The van der Waals surface area contributed by atoms with Crippen LogP contribution in [0.2, 0.25) is 5.15 Å². The van der Waals surface area contributed by atoms with Crippen LogP contribution in [0.5, 0.6) is 0 Å². The van der Waals surface area contributed by atoms with E-state index in [-0.39, 0.29) is 11.0 Å². The average molecular weight is 334 g/mol. The van der Waals surface area contributed by atoms with Crippen LogP contribution in [0.3, 0.4) is 0 Å². The normalized spacial score (nSPS) is 11.4. The van der Waals surface area contributed by atoms with Gasteiger partial charge in [-0.3, -0.25) is 0 Å². The van der Waals surface area contributed by atoms with E-state index in [1.54, 1.807) is 11.8 Å². The van der Waals surface area contributed by atoms with Gasteiger partial charge in [-0.25, -0.2) is 9.97 Å². The van der Waals surface area contributed by atoms with Crippen LogP contribution in [0.4, 0.5) is 19.0 Å². The topological polar surface area (TPSA) is 37.8 Å². The molecule has 0 aliphatic heterocycles. The summed E-state index contributed by atoms with van der Waals surface area (Å²) in [5.74, 6) is -0.489. The summed E-state index contributed by atoms with van der Waals surface area (Å²) in [6.07, 6.45) is -4.61. The fourth-order valence-electron chi connectivity index (χ4n) is 1.50. The van der Waals surface area contributed by atoms with Crippen LogP contribution in [-0.4, -0.2) is 22.3 Å². The molecule has 0 amide bonds. The van der Waals surface area contributed by atoms with E-state index in [0.717, 1.165) is 4.90 Å². The lowest BCUT2D eigenvalue weighted by atomic mass is 10.4. The van der Waals surface area contributed by atoms with Gasteiger partial charge in [0.2, 0.25) is 5.82 Å². The van der Waals surface area contributed by atoms with Crippen LogP contribution in [0.15, 0.2) is 41.3 Å². The number of hydrogen-bond acceptors (Lipinski definition) is 4. The molecule has 0 aliphatic carbocycles. The van der Waals surface area contributed by atoms with E-state index in [0.29, 0.717) is 12.3 Å². The van der Waals surface area contributed by atoms with Crippen LogP contribution in [-0.2, 0) is 6.18 Å². The van der Waals surface area contributed by atoms with Crippen LogP contribution in [0, 0.1) is 0 Å². The van der Waals surface area contributed by atoms with Gasteiger partial charge in [-0.2, -0.15) is 13.2 Å². The second kappa shape index (κ2) is 7.00. The number of nitrogens with zero attached hydrogens (tertiary/aromatic N) is 2. The molecular weight excluding hydrogens is 323 g/mol. The zero-order valence-corrected chi connectivity index (χ0v) is 12.3. The highest BCUT2D eigenvalue weighted by molar-refractivity contribution is 7.99. The molecule has 0 spiro atoms. The minimum Gasteiger partial charge on any atom is -0.369 e. The van der Waals surface area contributed by atoms with Crippen molar-refractivity contribution in [1.82, 2.24) is 9.97 Å². The average Bonchev–Trinajstić information content (AvgIpc) is 2.43. The summed E-state index contributed by atoms with van der Waals surface area (Å²) < 4.78 is 37.6. The number of halogens is 4. The fraction of sp³-hybridized carbons (Fsp3) is 0.231. The number of hydrogen-bond donors (Lipinski definition) is 1. The minimum atomic E-state index is -4.61. The van der Waals surface area contributed by atoms with Gasteiger partial charge >= 0.3 is 6.18 Å². The Kier molecular flexibility index (Phi) is 5.30. The Balaban J connectivity index is 1.90. The molecule has 0 unspecified atom stereocenters.